The molecule has 5 rings (SSSR count). The fourth-order valence-corrected chi connectivity index (χ4v) is 3.36. The predicted molar refractivity (Wildman–Crippen MR) is 94.7 cm³/mol. The van der Waals surface area contributed by atoms with Gasteiger partial charge in [-0.15, -0.1) is 0 Å². The quantitative estimate of drug-likeness (QED) is 0.855. The average molecular weight is 352 g/mol. The maximum absolute atomic E-state index is 12.3. The van der Waals surface area contributed by atoms with Crippen LogP contribution in [0.3, 0.4) is 0 Å². The number of hydrogen-bond acceptors (Lipinski definition) is 6. The van der Waals surface area contributed by atoms with E-state index in [0.717, 1.165) is 47.3 Å². The molecule has 0 atom stereocenters. The molecule has 3 heterocycles. The van der Waals surface area contributed by atoms with Crippen molar-refractivity contribution in [2.45, 2.75) is 25.7 Å². The molecule has 2 aromatic rings. The van der Waals surface area contributed by atoms with E-state index in [1.54, 1.807) is 0 Å². The van der Waals surface area contributed by atoms with E-state index in [1.165, 1.54) is 12.8 Å². The summed E-state index contributed by atoms with van der Waals surface area (Å²) < 4.78 is 10.8. The zero-order chi connectivity index (χ0) is 17.5. The van der Waals surface area contributed by atoms with Crippen LogP contribution in [0.4, 0.5) is 5.82 Å². The molecule has 0 spiro atoms. The number of nitrogens with one attached hydrogen (secondary N) is 2. The highest BCUT2D eigenvalue weighted by Crippen LogP contribution is 2.33. The van der Waals surface area contributed by atoms with E-state index >= 15 is 0 Å². The second-order valence-corrected chi connectivity index (χ2v) is 7.01. The van der Waals surface area contributed by atoms with E-state index in [0.29, 0.717) is 24.5 Å². The molecule has 7 heteroatoms. The molecule has 7 nitrogen and oxygen atoms in total. The molecule has 134 valence electrons. The molecule has 3 aliphatic rings. The van der Waals surface area contributed by atoms with Gasteiger partial charge >= 0.3 is 0 Å². The van der Waals surface area contributed by atoms with Gasteiger partial charge in [0, 0.05) is 25.1 Å². The van der Waals surface area contributed by atoms with Crippen LogP contribution in [0.5, 0.6) is 11.5 Å². The highest BCUT2D eigenvalue weighted by Gasteiger charge is 2.26. The third kappa shape index (κ3) is 2.94. The minimum absolute atomic E-state index is 0.116. The van der Waals surface area contributed by atoms with Crippen molar-refractivity contribution < 1.29 is 14.3 Å². The molecule has 1 fully saturated rings. The fourth-order valence-electron chi connectivity index (χ4n) is 3.36. The summed E-state index contributed by atoms with van der Waals surface area (Å²) in [5.41, 5.74) is 2.46. The largest absolute Gasteiger partial charge is 0.454 e. The average Bonchev–Trinajstić information content (AvgIpc) is 3.36. The first-order chi connectivity index (χ1) is 12.8. The first kappa shape index (κ1) is 15.4. The van der Waals surface area contributed by atoms with Gasteiger partial charge in [0.2, 0.25) is 6.79 Å². The second-order valence-electron chi connectivity index (χ2n) is 7.01. The number of rotatable bonds is 5. The van der Waals surface area contributed by atoms with Gasteiger partial charge in [-0.1, -0.05) is 6.07 Å². The summed E-state index contributed by atoms with van der Waals surface area (Å²) in [6.07, 6.45) is 3.84. The number of amides is 1. The van der Waals surface area contributed by atoms with Crippen LogP contribution in [0.2, 0.25) is 0 Å². The van der Waals surface area contributed by atoms with Gasteiger partial charge in [-0.2, -0.15) is 0 Å². The standard InChI is InChI=1S/C19H20N4O3/c24-19-17-13(5-6-20-19)18(21-9-11-1-2-11)23-16(22-17)8-12-3-4-14-15(7-12)26-10-25-14/h3-4,7,11H,1-2,5-6,8-10H2,(H,20,24)(H,21,22,23). The molecule has 1 aromatic heterocycles. The Morgan fingerprint density at radius 2 is 2.08 bits per heavy atom. The van der Waals surface area contributed by atoms with Gasteiger partial charge in [-0.3, -0.25) is 4.79 Å². The van der Waals surface area contributed by atoms with Crippen LogP contribution in [0.15, 0.2) is 18.2 Å². The topological polar surface area (TPSA) is 85.4 Å². The summed E-state index contributed by atoms with van der Waals surface area (Å²) in [4.78, 5) is 21.6. The van der Waals surface area contributed by atoms with Crippen molar-refractivity contribution in [2.24, 2.45) is 5.92 Å². The summed E-state index contributed by atoms with van der Waals surface area (Å²) >= 11 is 0. The van der Waals surface area contributed by atoms with E-state index < -0.39 is 0 Å². The molecule has 1 amide bonds. The van der Waals surface area contributed by atoms with Crippen molar-refractivity contribution in [3.63, 3.8) is 0 Å². The third-order valence-electron chi connectivity index (χ3n) is 4.98. The fraction of sp³-hybridized carbons (Fsp3) is 0.421. The molecule has 1 aromatic carbocycles. The molecular formula is C19H20N4O3. The van der Waals surface area contributed by atoms with Crippen molar-refractivity contribution >= 4 is 11.7 Å². The predicted octanol–water partition coefficient (Wildman–Crippen LogP) is 1.90. The normalized spacial score (nSPS) is 17.6. The molecule has 0 radical (unpaired) electrons. The minimum Gasteiger partial charge on any atom is -0.454 e. The van der Waals surface area contributed by atoms with Crippen molar-refractivity contribution in [2.75, 3.05) is 25.2 Å². The van der Waals surface area contributed by atoms with E-state index in [1.807, 2.05) is 18.2 Å². The van der Waals surface area contributed by atoms with Gasteiger partial charge in [0.15, 0.2) is 11.5 Å². The van der Waals surface area contributed by atoms with E-state index in [-0.39, 0.29) is 12.7 Å². The van der Waals surface area contributed by atoms with Gasteiger partial charge in [0.1, 0.15) is 17.3 Å². The van der Waals surface area contributed by atoms with Gasteiger partial charge < -0.3 is 20.1 Å². The number of carbonyl (C=O) groups excluding carboxylic acids is 1. The van der Waals surface area contributed by atoms with E-state index in [4.69, 9.17) is 14.5 Å². The lowest BCUT2D eigenvalue weighted by atomic mass is 10.1. The second kappa shape index (κ2) is 6.16. The van der Waals surface area contributed by atoms with Crippen LogP contribution in [-0.4, -0.2) is 35.8 Å². The summed E-state index contributed by atoms with van der Waals surface area (Å²) in [7, 11) is 0. The molecule has 0 saturated heterocycles. The number of carbonyl (C=O) groups is 1. The van der Waals surface area contributed by atoms with Crippen LogP contribution in [0, 0.1) is 5.92 Å². The van der Waals surface area contributed by atoms with Crippen LogP contribution in [-0.2, 0) is 12.8 Å². The maximum atomic E-state index is 12.3. The Morgan fingerprint density at radius 1 is 1.19 bits per heavy atom. The summed E-state index contributed by atoms with van der Waals surface area (Å²) in [5.74, 6) is 3.56. The first-order valence-corrected chi connectivity index (χ1v) is 9.06. The van der Waals surface area contributed by atoms with Crippen molar-refractivity contribution in [1.29, 1.82) is 0 Å². The van der Waals surface area contributed by atoms with Crippen molar-refractivity contribution in [3.8, 4) is 11.5 Å². The van der Waals surface area contributed by atoms with Crippen molar-refractivity contribution in [3.05, 3.63) is 40.8 Å². The molecule has 1 aliphatic carbocycles. The Labute approximate surface area is 151 Å². The lowest BCUT2D eigenvalue weighted by Gasteiger charge is -2.20. The number of fused-ring (bicyclic) bond motifs is 2. The highest BCUT2D eigenvalue weighted by atomic mass is 16.7. The SMILES string of the molecule is O=C1NCCc2c(NCC3CC3)nc(Cc3ccc4c(c3)OCO4)nc21. The molecule has 0 unspecified atom stereocenters. The number of ether oxygens (including phenoxy) is 2. The number of nitrogens with zero attached hydrogens (tertiary/aromatic N) is 2. The first-order valence-electron chi connectivity index (χ1n) is 9.06. The number of hydrogen-bond donors (Lipinski definition) is 2. The smallest absolute Gasteiger partial charge is 0.270 e. The Morgan fingerprint density at radius 3 is 2.96 bits per heavy atom. The molecule has 1 saturated carbocycles. The van der Waals surface area contributed by atoms with Crippen LogP contribution < -0.4 is 20.1 Å². The Bertz CT molecular complexity index is 879. The van der Waals surface area contributed by atoms with Crippen LogP contribution in [0.25, 0.3) is 0 Å². The monoisotopic (exact) mass is 352 g/mol. The Kier molecular flexibility index (Phi) is 3.65. The highest BCUT2D eigenvalue weighted by molar-refractivity contribution is 5.96. The van der Waals surface area contributed by atoms with Crippen LogP contribution in [0.1, 0.15) is 40.3 Å². The van der Waals surface area contributed by atoms with Gasteiger partial charge in [-0.25, -0.2) is 9.97 Å². The number of anilines is 1. The minimum atomic E-state index is -0.116. The summed E-state index contributed by atoms with van der Waals surface area (Å²) in [5, 5.41) is 6.32. The number of benzene rings is 1. The van der Waals surface area contributed by atoms with Crippen LogP contribution >= 0.6 is 0 Å². The molecular weight excluding hydrogens is 332 g/mol. The lowest BCUT2D eigenvalue weighted by Crippen LogP contribution is -2.34. The maximum Gasteiger partial charge on any atom is 0.270 e. The molecule has 26 heavy (non-hydrogen) atoms. The van der Waals surface area contributed by atoms with Gasteiger partial charge in [0.25, 0.3) is 5.91 Å². The molecule has 0 bridgehead atoms. The summed E-state index contributed by atoms with van der Waals surface area (Å²) in [6.45, 7) is 1.80. The van der Waals surface area contributed by atoms with Gasteiger partial charge in [0.05, 0.1) is 0 Å². The third-order valence-corrected chi connectivity index (χ3v) is 4.98. The van der Waals surface area contributed by atoms with E-state index in [2.05, 4.69) is 15.6 Å². The Hall–Kier alpha value is -2.83. The number of aromatic nitrogens is 2. The van der Waals surface area contributed by atoms with E-state index in [9.17, 15) is 4.79 Å². The summed E-state index contributed by atoms with van der Waals surface area (Å²) in [6, 6.07) is 5.82. The molecule has 2 N–H and O–H groups in total. The van der Waals surface area contributed by atoms with Gasteiger partial charge in [-0.05, 0) is 42.9 Å². The Balaban J connectivity index is 1.46. The zero-order valence-corrected chi connectivity index (χ0v) is 14.4. The molecule has 2 aliphatic heterocycles. The lowest BCUT2D eigenvalue weighted by molar-refractivity contribution is 0.0940. The zero-order valence-electron chi connectivity index (χ0n) is 14.4. The van der Waals surface area contributed by atoms with Crippen molar-refractivity contribution in [1.82, 2.24) is 15.3 Å².